The lowest BCUT2D eigenvalue weighted by Crippen LogP contribution is -2.31. The number of benzene rings is 1. The van der Waals surface area contributed by atoms with E-state index in [-0.39, 0.29) is 11.2 Å². The smallest absolute Gasteiger partial charge is 0.336 e. The number of hydrogen-bond donors (Lipinski definition) is 1. The highest BCUT2D eigenvalue weighted by molar-refractivity contribution is 5.81. The van der Waals surface area contributed by atoms with Crippen molar-refractivity contribution in [3.8, 4) is 0 Å². The molecule has 1 fully saturated rings. The maximum atomic E-state index is 12.5. The van der Waals surface area contributed by atoms with Gasteiger partial charge in [-0.25, -0.2) is 9.78 Å². The van der Waals surface area contributed by atoms with Crippen LogP contribution in [-0.4, -0.2) is 23.1 Å². The van der Waals surface area contributed by atoms with E-state index in [0.717, 1.165) is 36.9 Å². The van der Waals surface area contributed by atoms with Crippen LogP contribution in [0.25, 0.3) is 11.0 Å². The molecule has 1 aliphatic rings. The van der Waals surface area contributed by atoms with Crippen molar-refractivity contribution in [2.45, 2.75) is 33.1 Å². The van der Waals surface area contributed by atoms with Crippen LogP contribution < -0.4 is 16.1 Å². The quantitative estimate of drug-likeness (QED) is 0.549. The van der Waals surface area contributed by atoms with Crippen molar-refractivity contribution in [3.05, 3.63) is 56.4 Å². The third-order valence-corrected chi connectivity index (χ3v) is 4.85. The van der Waals surface area contributed by atoms with Gasteiger partial charge in [-0.2, -0.15) is 0 Å². The van der Waals surface area contributed by atoms with Crippen molar-refractivity contribution < 1.29 is 4.42 Å². The Balaban J connectivity index is 1.76. The normalized spacial score (nSPS) is 14.9. The molecule has 3 aromatic rings. The third kappa shape index (κ3) is 3.58. The van der Waals surface area contributed by atoms with E-state index in [1.807, 2.05) is 6.92 Å². The zero-order valence-corrected chi connectivity index (χ0v) is 15.9. The number of piperidine rings is 1. The highest BCUT2D eigenvalue weighted by Crippen LogP contribution is 2.30. The standard InChI is InChI=1S/C20H21N5O3/c1-12-10-16-14(6-7-17(26)28-16)11-15(12)23-24-18-19(21-13(2)22-20(18)27)25-8-4-3-5-9-25/h6-7,10-11H,3-5,8-9H2,1-2H3,(H,21,22,27). The van der Waals surface area contributed by atoms with Gasteiger partial charge in [0.15, 0.2) is 11.5 Å². The van der Waals surface area contributed by atoms with Gasteiger partial charge in [0.25, 0.3) is 5.56 Å². The number of fused-ring (bicyclic) bond motifs is 1. The number of H-pyrrole nitrogens is 1. The van der Waals surface area contributed by atoms with Gasteiger partial charge < -0.3 is 14.3 Å². The number of rotatable bonds is 3. The number of hydrogen-bond acceptors (Lipinski definition) is 7. The van der Waals surface area contributed by atoms with Gasteiger partial charge in [0.05, 0.1) is 5.69 Å². The summed E-state index contributed by atoms with van der Waals surface area (Å²) in [6.07, 6.45) is 3.32. The molecule has 0 radical (unpaired) electrons. The van der Waals surface area contributed by atoms with E-state index in [2.05, 4.69) is 25.1 Å². The maximum absolute atomic E-state index is 12.5. The van der Waals surface area contributed by atoms with Gasteiger partial charge in [-0.15, -0.1) is 10.2 Å². The van der Waals surface area contributed by atoms with Crippen molar-refractivity contribution >= 4 is 28.2 Å². The van der Waals surface area contributed by atoms with Crippen LogP contribution in [0.2, 0.25) is 0 Å². The molecule has 0 amide bonds. The largest absolute Gasteiger partial charge is 0.423 e. The molecule has 0 spiro atoms. The molecule has 3 heterocycles. The summed E-state index contributed by atoms with van der Waals surface area (Å²) < 4.78 is 5.19. The fraction of sp³-hybridized carbons (Fsp3) is 0.350. The molecule has 1 aliphatic heterocycles. The molecule has 1 saturated heterocycles. The van der Waals surface area contributed by atoms with E-state index in [0.29, 0.717) is 22.9 Å². The summed E-state index contributed by atoms with van der Waals surface area (Å²) in [6.45, 7) is 5.32. The summed E-state index contributed by atoms with van der Waals surface area (Å²) >= 11 is 0. The van der Waals surface area contributed by atoms with Crippen LogP contribution in [-0.2, 0) is 0 Å². The minimum atomic E-state index is -0.398. The predicted molar refractivity (Wildman–Crippen MR) is 107 cm³/mol. The molecule has 144 valence electrons. The predicted octanol–water partition coefficient (Wildman–Crippen LogP) is 3.90. The van der Waals surface area contributed by atoms with Crippen LogP contribution in [0.3, 0.4) is 0 Å². The van der Waals surface area contributed by atoms with Crippen LogP contribution in [0.5, 0.6) is 0 Å². The minimum Gasteiger partial charge on any atom is -0.423 e. The van der Waals surface area contributed by atoms with Crippen molar-refractivity contribution in [1.29, 1.82) is 0 Å². The van der Waals surface area contributed by atoms with Crippen molar-refractivity contribution in [2.75, 3.05) is 18.0 Å². The molecule has 0 unspecified atom stereocenters. The third-order valence-electron chi connectivity index (χ3n) is 4.85. The average molecular weight is 379 g/mol. The Morgan fingerprint density at radius 1 is 1.07 bits per heavy atom. The molecule has 4 rings (SSSR count). The second kappa shape index (κ2) is 7.38. The first-order valence-electron chi connectivity index (χ1n) is 9.33. The van der Waals surface area contributed by atoms with E-state index in [4.69, 9.17) is 4.42 Å². The van der Waals surface area contributed by atoms with Crippen LogP contribution >= 0.6 is 0 Å². The maximum Gasteiger partial charge on any atom is 0.336 e. The lowest BCUT2D eigenvalue weighted by Gasteiger charge is -2.28. The number of nitrogens with zero attached hydrogens (tertiary/aromatic N) is 4. The fourth-order valence-corrected chi connectivity index (χ4v) is 3.40. The van der Waals surface area contributed by atoms with Gasteiger partial charge in [-0.3, -0.25) is 4.79 Å². The number of aromatic nitrogens is 2. The Hall–Kier alpha value is -3.29. The number of aromatic amines is 1. The van der Waals surface area contributed by atoms with Crippen molar-refractivity contribution in [1.82, 2.24) is 9.97 Å². The lowest BCUT2D eigenvalue weighted by atomic mass is 10.1. The van der Waals surface area contributed by atoms with Gasteiger partial charge in [-0.1, -0.05) is 0 Å². The lowest BCUT2D eigenvalue weighted by molar-refractivity contribution is 0.561. The number of aryl methyl sites for hydroxylation is 2. The topological polar surface area (TPSA) is 104 Å². The molecule has 1 aromatic carbocycles. The zero-order chi connectivity index (χ0) is 19.7. The highest BCUT2D eigenvalue weighted by atomic mass is 16.4. The number of nitrogens with one attached hydrogen (secondary N) is 1. The molecule has 1 N–H and O–H groups in total. The molecule has 8 heteroatoms. The Bertz CT molecular complexity index is 1170. The van der Waals surface area contributed by atoms with Gasteiger partial charge in [0, 0.05) is 24.5 Å². The molecule has 8 nitrogen and oxygen atoms in total. The van der Waals surface area contributed by atoms with Gasteiger partial charge >= 0.3 is 5.63 Å². The Morgan fingerprint density at radius 3 is 2.64 bits per heavy atom. The number of azo groups is 1. The summed E-state index contributed by atoms with van der Waals surface area (Å²) in [5, 5.41) is 9.32. The Morgan fingerprint density at radius 2 is 1.86 bits per heavy atom. The van der Waals surface area contributed by atoms with Crippen LogP contribution in [0.15, 0.2) is 48.5 Å². The van der Waals surface area contributed by atoms with E-state index < -0.39 is 5.63 Å². The Labute approximate surface area is 160 Å². The molecule has 0 bridgehead atoms. The second-order valence-corrected chi connectivity index (χ2v) is 7.00. The minimum absolute atomic E-state index is 0.214. The SMILES string of the molecule is Cc1nc(N2CCCCC2)c(N=Nc2cc3ccc(=O)oc3cc2C)c(=O)[nH]1. The molecular weight excluding hydrogens is 358 g/mol. The van der Waals surface area contributed by atoms with Gasteiger partial charge in [0.1, 0.15) is 11.4 Å². The summed E-state index contributed by atoms with van der Waals surface area (Å²) in [5.74, 6) is 1.13. The van der Waals surface area contributed by atoms with Crippen molar-refractivity contribution in [2.24, 2.45) is 10.2 Å². The van der Waals surface area contributed by atoms with Gasteiger partial charge in [-0.05, 0) is 56.9 Å². The van der Waals surface area contributed by atoms with E-state index in [9.17, 15) is 9.59 Å². The van der Waals surface area contributed by atoms with E-state index in [1.54, 1.807) is 25.1 Å². The summed E-state index contributed by atoms with van der Waals surface area (Å²) in [4.78, 5) is 33.2. The summed E-state index contributed by atoms with van der Waals surface area (Å²) in [7, 11) is 0. The highest BCUT2D eigenvalue weighted by Gasteiger charge is 2.19. The first-order valence-corrected chi connectivity index (χ1v) is 9.33. The summed E-state index contributed by atoms with van der Waals surface area (Å²) in [6, 6.07) is 6.57. The monoisotopic (exact) mass is 379 g/mol. The van der Waals surface area contributed by atoms with E-state index in [1.165, 1.54) is 12.5 Å². The van der Waals surface area contributed by atoms with Gasteiger partial charge in [0.2, 0.25) is 0 Å². The molecule has 0 atom stereocenters. The molecule has 28 heavy (non-hydrogen) atoms. The second-order valence-electron chi connectivity index (χ2n) is 7.00. The van der Waals surface area contributed by atoms with Crippen LogP contribution in [0.1, 0.15) is 30.7 Å². The molecule has 0 aliphatic carbocycles. The molecule has 0 saturated carbocycles. The zero-order valence-electron chi connectivity index (χ0n) is 15.9. The van der Waals surface area contributed by atoms with Crippen LogP contribution in [0.4, 0.5) is 17.2 Å². The fourth-order valence-electron chi connectivity index (χ4n) is 3.40. The molecule has 2 aromatic heterocycles. The van der Waals surface area contributed by atoms with Crippen molar-refractivity contribution in [3.63, 3.8) is 0 Å². The van der Waals surface area contributed by atoms with Crippen LogP contribution in [0, 0.1) is 13.8 Å². The number of anilines is 1. The van der Waals surface area contributed by atoms with E-state index >= 15 is 0 Å². The summed E-state index contributed by atoms with van der Waals surface area (Å²) in [5.41, 5.74) is 1.40. The average Bonchev–Trinajstić information content (AvgIpc) is 2.67. The Kier molecular flexibility index (Phi) is 4.77. The first-order chi connectivity index (χ1) is 13.5. The molecular formula is C20H21N5O3. The first kappa shape index (κ1) is 18.1.